The van der Waals surface area contributed by atoms with Crippen LogP contribution in [0.2, 0.25) is 5.02 Å². The van der Waals surface area contributed by atoms with Gasteiger partial charge in [0.05, 0.1) is 5.02 Å². The van der Waals surface area contributed by atoms with Crippen LogP contribution >= 0.6 is 11.6 Å². The van der Waals surface area contributed by atoms with E-state index in [9.17, 15) is 9.59 Å². The number of para-hydroxylation sites is 1. The number of primary amides is 1. The van der Waals surface area contributed by atoms with E-state index in [-0.39, 0.29) is 5.76 Å². The molecule has 0 saturated heterocycles. The van der Waals surface area contributed by atoms with Crippen LogP contribution in [-0.4, -0.2) is 11.8 Å². The van der Waals surface area contributed by atoms with Gasteiger partial charge in [-0.25, -0.2) is 0 Å². The third-order valence-corrected chi connectivity index (χ3v) is 4.11. The number of carbonyl (C=O) groups excluding carboxylic acids is 2. The number of aryl methyl sites for hydroxylation is 1. The van der Waals surface area contributed by atoms with Gasteiger partial charge in [-0.2, -0.15) is 0 Å². The lowest BCUT2D eigenvalue weighted by molar-refractivity contribution is -0.120. The first-order valence-electron chi connectivity index (χ1n) is 7.31. The highest BCUT2D eigenvalue weighted by atomic mass is 35.5. The molecule has 1 atom stereocenters. The second-order valence-electron chi connectivity index (χ2n) is 5.39. The number of benzene rings is 2. The van der Waals surface area contributed by atoms with Gasteiger partial charge in [-0.15, -0.1) is 0 Å². The van der Waals surface area contributed by atoms with Gasteiger partial charge in [-0.05, 0) is 18.6 Å². The Morgan fingerprint density at radius 2 is 1.83 bits per heavy atom. The Labute approximate surface area is 143 Å². The number of hydrogen-bond acceptors (Lipinski definition) is 3. The lowest BCUT2D eigenvalue weighted by atomic mass is 10.1. The molecule has 3 aromatic rings. The van der Waals surface area contributed by atoms with Crippen LogP contribution in [0.25, 0.3) is 11.0 Å². The average Bonchev–Trinajstić information content (AvgIpc) is 2.92. The Kier molecular flexibility index (Phi) is 4.27. The van der Waals surface area contributed by atoms with Crippen LogP contribution in [0.3, 0.4) is 0 Å². The molecule has 0 spiro atoms. The molecule has 6 heteroatoms. The van der Waals surface area contributed by atoms with E-state index in [1.807, 2.05) is 12.1 Å². The molecule has 5 nitrogen and oxygen atoms in total. The third kappa shape index (κ3) is 2.86. The Balaban J connectivity index is 1.96. The molecule has 0 aliphatic carbocycles. The van der Waals surface area contributed by atoms with Crippen LogP contribution < -0.4 is 11.1 Å². The van der Waals surface area contributed by atoms with Crippen molar-refractivity contribution in [3.63, 3.8) is 0 Å². The quantitative estimate of drug-likeness (QED) is 0.762. The number of amides is 2. The van der Waals surface area contributed by atoms with Gasteiger partial charge in [0.2, 0.25) is 5.91 Å². The summed E-state index contributed by atoms with van der Waals surface area (Å²) >= 11 is 6.10. The van der Waals surface area contributed by atoms with Crippen molar-refractivity contribution < 1.29 is 14.0 Å². The molecule has 3 rings (SSSR count). The predicted octanol–water partition coefficient (Wildman–Crippen LogP) is 3.35. The zero-order valence-corrected chi connectivity index (χ0v) is 13.6. The molecule has 0 fully saturated rings. The van der Waals surface area contributed by atoms with E-state index >= 15 is 0 Å². The summed E-state index contributed by atoms with van der Waals surface area (Å²) in [7, 11) is 0. The minimum Gasteiger partial charge on any atom is -0.449 e. The highest BCUT2D eigenvalue weighted by Crippen LogP contribution is 2.30. The molecule has 0 saturated carbocycles. The van der Waals surface area contributed by atoms with Crippen molar-refractivity contribution in [3.05, 3.63) is 70.4 Å². The number of nitrogens with one attached hydrogen (secondary N) is 1. The number of fused-ring (bicyclic) bond motifs is 1. The van der Waals surface area contributed by atoms with Gasteiger partial charge in [0.15, 0.2) is 11.3 Å². The Morgan fingerprint density at radius 3 is 2.46 bits per heavy atom. The maximum Gasteiger partial charge on any atom is 0.288 e. The number of carbonyl (C=O) groups is 2. The normalized spacial score (nSPS) is 12.1. The number of hydrogen-bond donors (Lipinski definition) is 2. The number of rotatable bonds is 4. The van der Waals surface area contributed by atoms with Gasteiger partial charge in [0, 0.05) is 10.9 Å². The molecule has 3 N–H and O–H groups in total. The van der Waals surface area contributed by atoms with E-state index < -0.39 is 17.9 Å². The first-order valence-corrected chi connectivity index (χ1v) is 7.69. The Bertz CT molecular complexity index is 919. The van der Waals surface area contributed by atoms with E-state index in [0.29, 0.717) is 21.7 Å². The zero-order chi connectivity index (χ0) is 17.3. The maximum absolute atomic E-state index is 12.6. The molecule has 2 aromatic carbocycles. The largest absolute Gasteiger partial charge is 0.449 e. The van der Waals surface area contributed by atoms with Gasteiger partial charge in [-0.1, -0.05) is 54.1 Å². The van der Waals surface area contributed by atoms with Crippen LogP contribution in [0, 0.1) is 6.92 Å². The molecule has 0 radical (unpaired) electrons. The first-order chi connectivity index (χ1) is 11.5. The fourth-order valence-electron chi connectivity index (χ4n) is 2.59. The predicted molar refractivity (Wildman–Crippen MR) is 91.8 cm³/mol. The van der Waals surface area contributed by atoms with E-state index in [1.54, 1.807) is 43.3 Å². The Hall–Kier alpha value is -2.79. The molecule has 122 valence electrons. The van der Waals surface area contributed by atoms with Gasteiger partial charge in [0.1, 0.15) is 6.04 Å². The van der Waals surface area contributed by atoms with Gasteiger partial charge >= 0.3 is 0 Å². The van der Waals surface area contributed by atoms with Crippen molar-refractivity contribution in [1.29, 1.82) is 0 Å². The lowest BCUT2D eigenvalue weighted by Crippen LogP contribution is -2.37. The molecule has 0 aliphatic heterocycles. The number of nitrogens with two attached hydrogens (primary N) is 1. The van der Waals surface area contributed by atoms with Crippen molar-refractivity contribution >= 4 is 34.4 Å². The summed E-state index contributed by atoms with van der Waals surface area (Å²) < 4.78 is 5.61. The monoisotopic (exact) mass is 342 g/mol. The fourth-order valence-corrected chi connectivity index (χ4v) is 2.80. The van der Waals surface area contributed by atoms with E-state index in [1.165, 1.54) is 0 Å². The second kappa shape index (κ2) is 6.37. The summed E-state index contributed by atoms with van der Waals surface area (Å²) in [6.45, 7) is 1.76. The SMILES string of the molecule is Cc1c(C(=O)NC(C(N)=O)c2ccccc2)oc2c(Cl)cccc12. The van der Waals surface area contributed by atoms with Gasteiger partial charge < -0.3 is 15.5 Å². The topological polar surface area (TPSA) is 85.3 Å². The summed E-state index contributed by atoms with van der Waals surface area (Å²) in [4.78, 5) is 24.3. The third-order valence-electron chi connectivity index (χ3n) is 3.81. The minimum atomic E-state index is -0.943. The molecule has 2 amide bonds. The van der Waals surface area contributed by atoms with Crippen LogP contribution in [-0.2, 0) is 4.79 Å². The average molecular weight is 343 g/mol. The smallest absolute Gasteiger partial charge is 0.288 e. The zero-order valence-electron chi connectivity index (χ0n) is 12.9. The van der Waals surface area contributed by atoms with Crippen LogP contribution in [0.5, 0.6) is 0 Å². The Morgan fingerprint density at radius 1 is 1.12 bits per heavy atom. The van der Waals surface area contributed by atoms with Gasteiger partial charge in [0.25, 0.3) is 5.91 Å². The minimum absolute atomic E-state index is 0.111. The number of halogens is 1. The maximum atomic E-state index is 12.6. The summed E-state index contributed by atoms with van der Waals surface area (Å²) in [6.07, 6.45) is 0. The highest BCUT2D eigenvalue weighted by Gasteiger charge is 2.25. The fraction of sp³-hybridized carbons (Fsp3) is 0.111. The second-order valence-corrected chi connectivity index (χ2v) is 5.80. The molecule has 1 heterocycles. The number of furan rings is 1. The highest BCUT2D eigenvalue weighted by molar-refractivity contribution is 6.35. The molecule has 0 bridgehead atoms. The summed E-state index contributed by atoms with van der Waals surface area (Å²) in [5.74, 6) is -1.06. The standard InChI is InChI=1S/C18H15ClN2O3/c1-10-12-8-5-9-13(19)16(12)24-15(10)18(23)21-14(17(20)22)11-6-3-2-4-7-11/h2-9,14H,1H3,(H2,20,22)(H,21,23). The molecule has 1 aromatic heterocycles. The van der Waals surface area contributed by atoms with Crippen molar-refractivity contribution in [2.24, 2.45) is 5.73 Å². The van der Waals surface area contributed by atoms with Crippen LogP contribution in [0.1, 0.15) is 27.7 Å². The summed E-state index contributed by atoms with van der Waals surface area (Å²) in [5.41, 5.74) is 7.12. The van der Waals surface area contributed by atoms with Crippen molar-refractivity contribution in [1.82, 2.24) is 5.32 Å². The molecule has 1 unspecified atom stereocenters. The van der Waals surface area contributed by atoms with Crippen LogP contribution in [0.4, 0.5) is 0 Å². The van der Waals surface area contributed by atoms with E-state index in [2.05, 4.69) is 5.32 Å². The lowest BCUT2D eigenvalue weighted by Gasteiger charge is -2.15. The summed E-state index contributed by atoms with van der Waals surface area (Å²) in [5, 5.41) is 3.79. The molecule has 24 heavy (non-hydrogen) atoms. The summed E-state index contributed by atoms with van der Waals surface area (Å²) in [6, 6.07) is 13.1. The van der Waals surface area contributed by atoms with E-state index in [0.717, 1.165) is 5.39 Å². The molecule has 0 aliphatic rings. The van der Waals surface area contributed by atoms with Crippen molar-refractivity contribution in [3.8, 4) is 0 Å². The van der Waals surface area contributed by atoms with Gasteiger partial charge in [-0.3, -0.25) is 9.59 Å². The molecular weight excluding hydrogens is 328 g/mol. The first kappa shape index (κ1) is 16.1. The van der Waals surface area contributed by atoms with Crippen LogP contribution in [0.15, 0.2) is 52.9 Å². The van der Waals surface area contributed by atoms with Crippen molar-refractivity contribution in [2.45, 2.75) is 13.0 Å². The van der Waals surface area contributed by atoms with Crippen molar-refractivity contribution in [2.75, 3.05) is 0 Å². The molecular formula is C18H15ClN2O3. The van der Waals surface area contributed by atoms with E-state index in [4.69, 9.17) is 21.8 Å².